The number of carbonyl (C=O) groups is 2. The molecule has 8 nitrogen and oxygen atoms in total. The van der Waals surface area contributed by atoms with Gasteiger partial charge < -0.3 is 24.3 Å². The molecule has 0 aliphatic carbocycles. The summed E-state index contributed by atoms with van der Waals surface area (Å²) < 4.78 is 22.6. The van der Waals surface area contributed by atoms with Gasteiger partial charge in [0.15, 0.2) is 17.3 Å². The van der Waals surface area contributed by atoms with Crippen molar-refractivity contribution in [1.29, 1.82) is 0 Å². The van der Waals surface area contributed by atoms with Crippen LogP contribution in [0.15, 0.2) is 60.7 Å². The highest BCUT2D eigenvalue weighted by Crippen LogP contribution is 2.29. The zero-order valence-electron chi connectivity index (χ0n) is 23.0. The van der Waals surface area contributed by atoms with Gasteiger partial charge in [0.2, 0.25) is 5.91 Å². The molecule has 1 heterocycles. The minimum absolute atomic E-state index is 0.00865. The fourth-order valence-corrected chi connectivity index (χ4v) is 3.78. The highest BCUT2D eigenvalue weighted by molar-refractivity contribution is 6.00. The predicted octanol–water partition coefficient (Wildman–Crippen LogP) is 6.34. The van der Waals surface area contributed by atoms with Gasteiger partial charge in [-0.1, -0.05) is 43.7 Å². The summed E-state index contributed by atoms with van der Waals surface area (Å²) >= 11 is 0. The van der Waals surface area contributed by atoms with Crippen molar-refractivity contribution in [2.45, 2.75) is 46.5 Å². The van der Waals surface area contributed by atoms with Crippen molar-refractivity contribution in [3.8, 4) is 28.5 Å². The fourth-order valence-electron chi connectivity index (χ4n) is 3.78. The molecule has 3 rings (SSSR count). The molecular weight excluding hydrogens is 496 g/mol. The normalized spacial score (nSPS) is 10.6. The number of pyridine rings is 1. The van der Waals surface area contributed by atoms with Gasteiger partial charge in [-0.2, -0.15) is 0 Å². The van der Waals surface area contributed by atoms with Crippen LogP contribution in [0.4, 0.5) is 5.82 Å². The van der Waals surface area contributed by atoms with Crippen LogP contribution in [-0.2, 0) is 9.53 Å². The van der Waals surface area contributed by atoms with Gasteiger partial charge >= 0.3 is 0 Å². The Balaban J connectivity index is 1.64. The fraction of sp³-hybridized carbons (Fsp3) is 0.387. The zero-order valence-corrected chi connectivity index (χ0v) is 23.0. The molecule has 208 valence electrons. The van der Waals surface area contributed by atoms with Gasteiger partial charge in [-0.3, -0.25) is 9.59 Å². The number of rotatable bonds is 17. The standard InChI is InChI=1S/C31H38N2O6/c1-4-7-17-36-18-19-39-25-21-26(23-11-9-8-10-12-23)32-30(22-25)33-31(35)16-14-27(34)24-13-15-28(37-5-2)29(20-24)38-6-3/h8-13,15,20-22H,4-7,14,16-19H2,1-3H3,(H,32,33,35). The molecule has 0 spiro atoms. The molecule has 39 heavy (non-hydrogen) atoms. The molecule has 0 aliphatic heterocycles. The number of aromatic nitrogens is 1. The maximum Gasteiger partial charge on any atom is 0.225 e. The van der Waals surface area contributed by atoms with Crippen molar-refractivity contribution < 1.29 is 28.5 Å². The number of ketones is 1. The molecular formula is C31H38N2O6. The first kappa shape index (κ1) is 29.6. The van der Waals surface area contributed by atoms with E-state index in [0.717, 1.165) is 18.4 Å². The third-order valence-corrected chi connectivity index (χ3v) is 5.72. The average molecular weight is 535 g/mol. The Kier molecular flexibility index (Phi) is 12.3. The SMILES string of the molecule is CCCCOCCOc1cc(NC(=O)CCC(=O)c2ccc(OCC)c(OCC)c2)nc(-c2ccccc2)c1. The number of Topliss-reactive ketones (excluding diaryl/α,β-unsaturated/α-hetero) is 1. The van der Waals surface area contributed by atoms with E-state index in [0.29, 0.717) is 67.4 Å². The Morgan fingerprint density at radius 1 is 0.795 bits per heavy atom. The van der Waals surface area contributed by atoms with Gasteiger partial charge in [-0.05, 0) is 38.5 Å². The molecule has 0 aliphatic rings. The molecule has 0 bridgehead atoms. The Bertz CT molecular complexity index is 1200. The second kappa shape index (κ2) is 16.1. The second-order valence-electron chi connectivity index (χ2n) is 8.75. The van der Waals surface area contributed by atoms with Crippen LogP contribution in [0.25, 0.3) is 11.3 Å². The molecule has 0 atom stereocenters. The van der Waals surface area contributed by atoms with E-state index >= 15 is 0 Å². The van der Waals surface area contributed by atoms with E-state index in [-0.39, 0.29) is 24.5 Å². The van der Waals surface area contributed by atoms with Crippen LogP contribution in [0, 0.1) is 0 Å². The minimum atomic E-state index is -0.314. The first-order valence-corrected chi connectivity index (χ1v) is 13.5. The predicted molar refractivity (Wildman–Crippen MR) is 152 cm³/mol. The van der Waals surface area contributed by atoms with Crippen molar-refractivity contribution in [3.05, 3.63) is 66.2 Å². The van der Waals surface area contributed by atoms with E-state index in [1.165, 1.54) is 0 Å². The summed E-state index contributed by atoms with van der Waals surface area (Å²) in [6.07, 6.45) is 2.14. The Morgan fingerprint density at radius 3 is 2.31 bits per heavy atom. The number of ether oxygens (including phenoxy) is 4. The van der Waals surface area contributed by atoms with Crippen LogP contribution >= 0.6 is 0 Å². The van der Waals surface area contributed by atoms with Crippen molar-refractivity contribution in [2.24, 2.45) is 0 Å². The van der Waals surface area contributed by atoms with Crippen LogP contribution in [0.1, 0.15) is 56.8 Å². The number of benzene rings is 2. The van der Waals surface area contributed by atoms with E-state index in [2.05, 4.69) is 17.2 Å². The summed E-state index contributed by atoms with van der Waals surface area (Å²) in [6.45, 7) is 8.38. The monoisotopic (exact) mass is 534 g/mol. The first-order chi connectivity index (χ1) is 19.0. The maximum atomic E-state index is 12.8. The number of nitrogens with one attached hydrogen (secondary N) is 1. The summed E-state index contributed by atoms with van der Waals surface area (Å²) in [6, 6.07) is 18.2. The van der Waals surface area contributed by atoms with E-state index in [1.807, 2.05) is 50.2 Å². The molecule has 1 aromatic heterocycles. The lowest BCUT2D eigenvalue weighted by Crippen LogP contribution is -2.15. The van der Waals surface area contributed by atoms with Crippen LogP contribution in [0.2, 0.25) is 0 Å². The van der Waals surface area contributed by atoms with Crippen LogP contribution in [0.5, 0.6) is 17.2 Å². The van der Waals surface area contributed by atoms with Gasteiger partial charge in [-0.15, -0.1) is 0 Å². The summed E-state index contributed by atoms with van der Waals surface area (Å²) in [5, 5.41) is 2.82. The van der Waals surface area contributed by atoms with Gasteiger partial charge in [0.25, 0.3) is 0 Å². The number of carbonyl (C=O) groups excluding carboxylic acids is 2. The van der Waals surface area contributed by atoms with Crippen LogP contribution in [-0.4, -0.2) is 49.7 Å². The zero-order chi connectivity index (χ0) is 27.9. The molecule has 0 saturated heterocycles. The quantitative estimate of drug-likeness (QED) is 0.159. The number of anilines is 1. The number of amides is 1. The molecule has 0 fully saturated rings. The van der Waals surface area contributed by atoms with E-state index in [1.54, 1.807) is 24.3 Å². The van der Waals surface area contributed by atoms with Gasteiger partial charge in [0.1, 0.15) is 18.2 Å². The molecule has 3 aromatic rings. The van der Waals surface area contributed by atoms with E-state index in [9.17, 15) is 9.59 Å². The molecule has 0 radical (unpaired) electrons. The molecule has 8 heteroatoms. The van der Waals surface area contributed by atoms with Gasteiger partial charge in [-0.25, -0.2) is 4.98 Å². The lowest BCUT2D eigenvalue weighted by atomic mass is 10.1. The minimum Gasteiger partial charge on any atom is -0.491 e. The lowest BCUT2D eigenvalue weighted by Gasteiger charge is -2.13. The summed E-state index contributed by atoms with van der Waals surface area (Å²) in [5.41, 5.74) is 2.04. The van der Waals surface area contributed by atoms with Gasteiger partial charge in [0, 0.05) is 42.7 Å². The summed E-state index contributed by atoms with van der Waals surface area (Å²) in [7, 11) is 0. The molecule has 0 unspecified atom stereocenters. The topological polar surface area (TPSA) is 96.0 Å². The lowest BCUT2D eigenvalue weighted by molar-refractivity contribution is -0.116. The van der Waals surface area contributed by atoms with Crippen molar-refractivity contribution in [3.63, 3.8) is 0 Å². The summed E-state index contributed by atoms with van der Waals surface area (Å²) in [4.78, 5) is 30.2. The third-order valence-electron chi connectivity index (χ3n) is 5.72. The molecule has 2 aromatic carbocycles. The Morgan fingerprint density at radius 2 is 1.56 bits per heavy atom. The number of hydrogen-bond donors (Lipinski definition) is 1. The van der Waals surface area contributed by atoms with Crippen molar-refractivity contribution in [2.75, 3.05) is 38.4 Å². The van der Waals surface area contributed by atoms with E-state index in [4.69, 9.17) is 18.9 Å². The molecule has 0 saturated carbocycles. The van der Waals surface area contributed by atoms with Crippen molar-refractivity contribution in [1.82, 2.24) is 4.98 Å². The van der Waals surface area contributed by atoms with Crippen molar-refractivity contribution >= 4 is 17.5 Å². The van der Waals surface area contributed by atoms with Crippen LogP contribution < -0.4 is 19.5 Å². The number of unbranched alkanes of at least 4 members (excludes halogenated alkanes) is 1. The number of nitrogens with zero attached hydrogens (tertiary/aromatic N) is 1. The highest BCUT2D eigenvalue weighted by Gasteiger charge is 2.15. The largest absolute Gasteiger partial charge is 0.491 e. The van der Waals surface area contributed by atoms with Crippen LogP contribution in [0.3, 0.4) is 0 Å². The molecule has 1 amide bonds. The molecule has 1 N–H and O–H groups in total. The van der Waals surface area contributed by atoms with E-state index < -0.39 is 0 Å². The number of hydrogen-bond acceptors (Lipinski definition) is 7. The smallest absolute Gasteiger partial charge is 0.225 e. The highest BCUT2D eigenvalue weighted by atomic mass is 16.5. The van der Waals surface area contributed by atoms with Gasteiger partial charge in [0.05, 0.1) is 25.5 Å². The second-order valence-corrected chi connectivity index (χ2v) is 8.75. The maximum absolute atomic E-state index is 12.8. The average Bonchev–Trinajstić information content (AvgIpc) is 2.95. The summed E-state index contributed by atoms with van der Waals surface area (Å²) in [5.74, 6) is 1.56. The Hall–Kier alpha value is -3.91. The third kappa shape index (κ3) is 9.72. The first-order valence-electron chi connectivity index (χ1n) is 13.5. The Labute approximate surface area is 230 Å².